The minimum Gasteiger partial charge on any atom is -0.379 e. The molecular weight excluding hydrogens is 232 g/mol. The molecule has 1 saturated heterocycles. The van der Waals surface area contributed by atoms with E-state index in [1.807, 2.05) is 13.1 Å². The Morgan fingerprint density at radius 3 is 3.22 bits per heavy atom. The minimum absolute atomic E-state index is 0.102. The molecule has 6 nitrogen and oxygen atoms in total. The van der Waals surface area contributed by atoms with Crippen molar-refractivity contribution >= 4 is 6.03 Å². The van der Waals surface area contributed by atoms with Crippen molar-refractivity contribution < 1.29 is 9.53 Å². The number of aryl methyl sites for hydroxylation is 2. The van der Waals surface area contributed by atoms with Crippen molar-refractivity contribution in [2.45, 2.75) is 32.2 Å². The maximum Gasteiger partial charge on any atom is 0.315 e. The third-order valence-electron chi connectivity index (χ3n) is 3.11. The van der Waals surface area contributed by atoms with Gasteiger partial charge in [-0.3, -0.25) is 5.10 Å². The summed E-state index contributed by atoms with van der Waals surface area (Å²) in [5.41, 5.74) is 2.31. The van der Waals surface area contributed by atoms with E-state index in [4.69, 9.17) is 4.74 Å². The van der Waals surface area contributed by atoms with Crippen molar-refractivity contribution in [2.75, 3.05) is 19.8 Å². The van der Waals surface area contributed by atoms with Crippen LogP contribution in [0.2, 0.25) is 0 Å². The van der Waals surface area contributed by atoms with Crippen LogP contribution < -0.4 is 10.6 Å². The predicted octanol–water partition coefficient (Wildman–Crippen LogP) is 0.739. The third-order valence-corrected chi connectivity index (χ3v) is 3.11. The number of amides is 2. The fraction of sp³-hybridized carbons (Fsp3) is 0.667. The van der Waals surface area contributed by atoms with E-state index in [0.717, 1.165) is 31.6 Å². The molecule has 1 unspecified atom stereocenters. The lowest BCUT2D eigenvalue weighted by atomic mass is 10.1. The van der Waals surface area contributed by atoms with Gasteiger partial charge in [0.1, 0.15) is 0 Å². The highest BCUT2D eigenvalue weighted by Crippen LogP contribution is 2.05. The first-order valence-corrected chi connectivity index (χ1v) is 6.36. The third kappa shape index (κ3) is 3.73. The maximum absolute atomic E-state index is 11.5. The van der Waals surface area contributed by atoms with Crippen molar-refractivity contribution in [1.82, 2.24) is 20.8 Å². The van der Waals surface area contributed by atoms with Crippen LogP contribution in [0.1, 0.15) is 24.1 Å². The summed E-state index contributed by atoms with van der Waals surface area (Å²) in [6, 6.07) is 0.0653. The van der Waals surface area contributed by atoms with Gasteiger partial charge in [-0.15, -0.1) is 0 Å². The van der Waals surface area contributed by atoms with Gasteiger partial charge in [0.05, 0.1) is 18.8 Å². The molecule has 1 atom stereocenters. The van der Waals surface area contributed by atoms with Gasteiger partial charge in [-0.05, 0) is 31.7 Å². The highest BCUT2D eigenvalue weighted by molar-refractivity contribution is 5.74. The van der Waals surface area contributed by atoms with Crippen molar-refractivity contribution in [2.24, 2.45) is 0 Å². The molecule has 0 spiro atoms. The van der Waals surface area contributed by atoms with Gasteiger partial charge in [0, 0.05) is 18.8 Å². The fourth-order valence-electron chi connectivity index (χ4n) is 1.99. The van der Waals surface area contributed by atoms with Crippen molar-refractivity contribution in [1.29, 1.82) is 0 Å². The lowest BCUT2D eigenvalue weighted by Gasteiger charge is -2.11. The molecule has 0 aromatic carbocycles. The van der Waals surface area contributed by atoms with Crippen LogP contribution in [0.25, 0.3) is 0 Å². The van der Waals surface area contributed by atoms with E-state index in [2.05, 4.69) is 20.8 Å². The zero-order valence-electron chi connectivity index (χ0n) is 10.7. The molecule has 2 amide bonds. The molecule has 0 aliphatic carbocycles. The van der Waals surface area contributed by atoms with Crippen LogP contribution in [0.5, 0.6) is 0 Å². The number of hydrogen-bond acceptors (Lipinski definition) is 3. The van der Waals surface area contributed by atoms with Crippen LogP contribution in [0.4, 0.5) is 4.79 Å². The predicted molar refractivity (Wildman–Crippen MR) is 67.4 cm³/mol. The average Bonchev–Trinajstić information content (AvgIpc) is 2.97. The summed E-state index contributed by atoms with van der Waals surface area (Å²) >= 11 is 0. The first-order chi connectivity index (χ1) is 8.75. The van der Waals surface area contributed by atoms with E-state index in [0.29, 0.717) is 13.2 Å². The first-order valence-electron chi connectivity index (χ1n) is 6.36. The van der Waals surface area contributed by atoms with E-state index in [1.165, 1.54) is 5.56 Å². The number of hydrogen-bond donors (Lipinski definition) is 3. The number of urea groups is 1. The first kappa shape index (κ1) is 12.9. The number of carbonyl (C=O) groups excluding carboxylic acids is 1. The Balaban J connectivity index is 1.57. The molecule has 3 N–H and O–H groups in total. The fourth-order valence-corrected chi connectivity index (χ4v) is 1.99. The van der Waals surface area contributed by atoms with E-state index in [9.17, 15) is 4.79 Å². The zero-order chi connectivity index (χ0) is 12.8. The summed E-state index contributed by atoms with van der Waals surface area (Å²) in [7, 11) is 0. The van der Waals surface area contributed by atoms with E-state index in [-0.39, 0.29) is 12.1 Å². The van der Waals surface area contributed by atoms with Crippen molar-refractivity contribution in [3.8, 4) is 0 Å². The van der Waals surface area contributed by atoms with Crippen molar-refractivity contribution in [3.05, 3.63) is 17.5 Å². The maximum atomic E-state index is 11.5. The number of carbonyl (C=O) groups is 1. The van der Waals surface area contributed by atoms with Crippen LogP contribution in [0, 0.1) is 6.92 Å². The lowest BCUT2D eigenvalue weighted by molar-refractivity contribution is 0.188. The van der Waals surface area contributed by atoms with Gasteiger partial charge >= 0.3 is 6.03 Å². The van der Waals surface area contributed by atoms with Gasteiger partial charge in [-0.1, -0.05) is 0 Å². The minimum atomic E-state index is -0.102. The molecule has 0 saturated carbocycles. The van der Waals surface area contributed by atoms with Crippen LogP contribution in [0.3, 0.4) is 0 Å². The van der Waals surface area contributed by atoms with Crippen LogP contribution >= 0.6 is 0 Å². The van der Waals surface area contributed by atoms with Crippen LogP contribution in [-0.2, 0) is 11.2 Å². The summed E-state index contributed by atoms with van der Waals surface area (Å²) in [6.07, 6.45) is 4.58. The number of aromatic amines is 1. The standard InChI is InChI=1S/C12H20N4O2/c1-9-10(7-14-16-9)3-2-5-13-12(17)15-11-4-6-18-8-11/h7,11H,2-6,8H2,1H3,(H,14,16)(H2,13,15,17). The summed E-state index contributed by atoms with van der Waals surface area (Å²) in [6.45, 7) is 4.04. The Bertz CT molecular complexity index is 385. The van der Waals surface area contributed by atoms with Crippen LogP contribution in [0.15, 0.2) is 6.20 Å². The average molecular weight is 252 g/mol. The summed E-state index contributed by atoms with van der Waals surface area (Å²) < 4.78 is 5.19. The molecule has 2 rings (SSSR count). The van der Waals surface area contributed by atoms with Gasteiger partial charge in [0.15, 0.2) is 0 Å². The molecule has 1 aromatic heterocycles. The number of ether oxygens (including phenoxy) is 1. The highest BCUT2D eigenvalue weighted by Gasteiger charge is 2.17. The second-order valence-corrected chi connectivity index (χ2v) is 4.58. The molecule has 18 heavy (non-hydrogen) atoms. The monoisotopic (exact) mass is 252 g/mol. The Labute approximate surface area is 106 Å². The Hall–Kier alpha value is -1.56. The summed E-state index contributed by atoms with van der Waals surface area (Å²) in [4.78, 5) is 11.5. The molecule has 1 aromatic rings. The van der Waals surface area contributed by atoms with Crippen LogP contribution in [-0.4, -0.2) is 42.0 Å². The number of nitrogens with one attached hydrogen (secondary N) is 3. The quantitative estimate of drug-likeness (QED) is 0.676. The largest absolute Gasteiger partial charge is 0.379 e. The van der Waals surface area contributed by atoms with Crippen molar-refractivity contribution in [3.63, 3.8) is 0 Å². The van der Waals surface area contributed by atoms with Gasteiger partial charge < -0.3 is 15.4 Å². The lowest BCUT2D eigenvalue weighted by Crippen LogP contribution is -2.42. The molecule has 100 valence electrons. The summed E-state index contributed by atoms with van der Waals surface area (Å²) in [5.74, 6) is 0. The Kier molecular flexibility index (Phi) is 4.58. The molecular formula is C12H20N4O2. The molecule has 1 aliphatic heterocycles. The number of rotatable bonds is 5. The smallest absolute Gasteiger partial charge is 0.315 e. The van der Waals surface area contributed by atoms with E-state index >= 15 is 0 Å². The molecule has 0 radical (unpaired) electrons. The zero-order valence-corrected chi connectivity index (χ0v) is 10.7. The Morgan fingerprint density at radius 2 is 2.56 bits per heavy atom. The van der Waals surface area contributed by atoms with E-state index < -0.39 is 0 Å². The molecule has 6 heteroatoms. The SMILES string of the molecule is Cc1[nH]ncc1CCCNC(=O)NC1CCOC1. The van der Waals surface area contributed by atoms with Gasteiger partial charge in [-0.25, -0.2) is 4.79 Å². The molecule has 1 fully saturated rings. The topological polar surface area (TPSA) is 79.0 Å². The second kappa shape index (κ2) is 6.39. The van der Waals surface area contributed by atoms with Gasteiger partial charge in [0.2, 0.25) is 0 Å². The summed E-state index contributed by atoms with van der Waals surface area (Å²) in [5, 5.41) is 12.6. The molecule has 0 bridgehead atoms. The second-order valence-electron chi connectivity index (χ2n) is 4.58. The number of nitrogens with zero attached hydrogens (tertiary/aromatic N) is 1. The Morgan fingerprint density at radius 1 is 1.67 bits per heavy atom. The molecule has 2 heterocycles. The van der Waals surface area contributed by atoms with Gasteiger partial charge in [0.25, 0.3) is 0 Å². The molecule has 1 aliphatic rings. The normalized spacial score (nSPS) is 18.8. The van der Waals surface area contributed by atoms with E-state index in [1.54, 1.807) is 0 Å². The number of H-pyrrole nitrogens is 1. The highest BCUT2D eigenvalue weighted by atomic mass is 16.5. The number of aromatic nitrogens is 2. The van der Waals surface area contributed by atoms with Gasteiger partial charge in [-0.2, -0.15) is 5.10 Å².